The largest absolute Gasteiger partial charge is 0.490 e. The lowest BCUT2D eigenvalue weighted by atomic mass is 10.2. The number of nitrogens with zero attached hydrogens (tertiary/aromatic N) is 1. The first-order valence-electron chi connectivity index (χ1n) is 8.08. The van der Waals surface area contributed by atoms with Crippen LogP contribution in [-0.4, -0.2) is 37.3 Å². The maximum Gasteiger partial charge on any atom is 0.249 e. The lowest BCUT2D eigenvalue weighted by Crippen LogP contribution is -2.34. The van der Waals surface area contributed by atoms with E-state index in [-0.39, 0.29) is 18.4 Å². The zero-order valence-electron chi connectivity index (χ0n) is 14.9. The molecule has 0 aromatic heterocycles. The van der Waals surface area contributed by atoms with Crippen LogP contribution in [0.4, 0.5) is 0 Å². The van der Waals surface area contributed by atoms with Crippen LogP contribution in [0, 0.1) is 0 Å². The summed E-state index contributed by atoms with van der Waals surface area (Å²) in [6.45, 7) is 10.0. The first kappa shape index (κ1) is 20.2. The fraction of sp³-hybridized carbons (Fsp3) is 0.389. The third-order valence-corrected chi connectivity index (χ3v) is 2.80. The van der Waals surface area contributed by atoms with Gasteiger partial charge in [0.1, 0.15) is 13.0 Å². The Morgan fingerprint density at radius 3 is 2.64 bits per heavy atom. The minimum absolute atomic E-state index is 0.0115. The number of hydrogen-bond acceptors (Lipinski definition) is 5. The number of hydrazone groups is 1. The lowest BCUT2D eigenvalue weighted by molar-refractivity contribution is -0.129. The molecule has 7 nitrogen and oxygen atoms in total. The molecule has 0 bridgehead atoms. The minimum atomic E-state index is -0.481. The summed E-state index contributed by atoms with van der Waals surface area (Å²) < 4.78 is 11.0. The van der Waals surface area contributed by atoms with Crippen molar-refractivity contribution in [2.45, 2.75) is 33.2 Å². The fourth-order valence-corrected chi connectivity index (χ4v) is 1.88. The standard InChI is InChI=1S/C18H25N3O4/c1-5-9-25-15-8-7-14(10-16(15)24-6-2)12-19-21-18(23)11-17(22)20-13(3)4/h5,7-8,10,12-13H,1,6,9,11H2,2-4H3,(H,20,22)(H,21,23). The molecule has 25 heavy (non-hydrogen) atoms. The highest BCUT2D eigenvalue weighted by molar-refractivity contribution is 5.97. The summed E-state index contributed by atoms with van der Waals surface area (Å²) in [6, 6.07) is 5.28. The van der Waals surface area contributed by atoms with Crippen molar-refractivity contribution in [3.63, 3.8) is 0 Å². The zero-order chi connectivity index (χ0) is 18.7. The second-order valence-corrected chi connectivity index (χ2v) is 5.43. The molecule has 0 fully saturated rings. The summed E-state index contributed by atoms with van der Waals surface area (Å²) in [4.78, 5) is 23.1. The van der Waals surface area contributed by atoms with Crippen LogP contribution in [0.5, 0.6) is 11.5 Å². The predicted molar refractivity (Wildman–Crippen MR) is 96.9 cm³/mol. The van der Waals surface area contributed by atoms with Crippen molar-refractivity contribution < 1.29 is 19.1 Å². The summed E-state index contributed by atoms with van der Waals surface area (Å²) >= 11 is 0. The van der Waals surface area contributed by atoms with Crippen LogP contribution in [0.2, 0.25) is 0 Å². The SMILES string of the molecule is C=CCOc1ccc(C=NNC(=O)CC(=O)NC(C)C)cc1OCC. The Balaban J connectivity index is 2.64. The van der Waals surface area contributed by atoms with Crippen molar-refractivity contribution in [2.75, 3.05) is 13.2 Å². The summed E-state index contributed by atoms with van der Waals surface area (Å²) in [5.74, 6) is 0.361. The highest BCUT2D eigenvalue weighted by atomic mass is 16.5. The molecule has 136 valence electrons. The maximum absolute atomic E-state index is 11.6. The average Bonchev–Trinajstić information content (AvgIpc) is 2.53. The van der Waals surface area contributed by atoms with E-state index in [1.807, 2.05) is 20.8 Å². The van der Waals surface area contributed by atoms with Crippen LogP contribution < -0.4 is 20.2 Å². The molecule has 0 heterocycles. The van der Waals surface area contributed by atoms with E-state index in [2.05, 4.69) is 22.4 Å². The Morgan fingerprint density at radius 2 is 2.00 bits per heavy atom. The van der Waals surface area contributed by atoms with E-state index in [0.29, 0.717) is 24.7 Å². The van der Waals surface area contributed by atoms with Gasteiger partial charge in [0, 0.05) is 6.04 Å². The van der Waals surface area contributed by atoms with Crippen LogP contribution in [0.25, 0.3) is 0 Å². The molecule has 0 aliphatic heterocycles. The number of rotatable bonds is 10. The molecule has 7 heteroatoms. The zero-order valence-corrected chi connectivity index (χ0v) is 14.9. The van der Waals surface area contributed by atoms with Gasteiger partial charge in [0.15, 0.2) is 11.5 Å². The van der Waals surface area contributed by atoms with Crippen LogP contribution in [0.15, 0.2) is 36.0 Å². The van der Waals surface area contributed by atoms with Gasteiger partial charge >= 0.3 is 0 Å². The first-order valence-corrected chi connectivity index (χ1v) is 8.08. The molecule has 0 atom stereocenters. The Morgan fingerprint density at radius 1 is 1.24 bits per heavy atom. The molecule has 0 aliphatic rings. The van der Waals surface area contributed by atoms with Crippen LogP contribution in [0.1, 0.15) is 32.8 Å². The average molecular weight is 347 g/mol. The highest BCUT2D eigenvalue weighted by Crippen LogP contribution is 2.28. The summed E-state index contributed by atoms with van der Waals surface area (Å²) in [7, 11) is 0. The normalized spacial score (nSPS) is 10.6. The molecule has 2 N–H and O–H groups in total. The molecule has 0 saturated heterocycles. The number of benzene rings is 1. The van der Waals surface area contributed by atoms with E-state index < -0.39 is 5.91 Å². The predicted octanol–water partition coefficient (Wildman–Crippen LogP) is 2.01. The number of hydrogen-bond donors (Lipinski definition) is 2. The molecule has 2 amide bonds. The maximum atomic E-state index is 11.6. The van der Waals surface area contributed by atoms with Gasteiger partial charge in [-0.3, -0.25) is 9.59 Å². The fourth-order valence-electron chi connectivity index (χ4n) is 1.88. The van der Waals surface area contributed by atoms with Gasteiger partial charge in [0.05, 0.1) is 12.8 Å². The van der Waals surface area contributed by atoms with E-state index in [1.165, 1.54) is 6.21 Å². The van der Waals surface area contributed by atoms with Gasteiger partial charge in [-0.1, -0.05) is 12.7 Å². The molecule has 0 radical (unpaired) electrons. The van der Waals surface area contributed by atoms with Crippen LogP contribution in [-0.2, 0) is 9.59 Å². The van der Waals surface area contributed by atoms with E-state index in [9.17, 15) is 9.59 Å². The number of carbonyl (C=O) groups excluding carboxylic acids is 2. The Labute approximate surface area is 148 Å². The Hall–Kier alpha value is -2.83. The van der Waals surface area contributed by atoms with Gasteiger partial charge < -0.3 is 14.8 Å². The third-order valence-electron chi connectivity index (χ3n) is 2.80. The molecule has 0 unspecified atom stereocenters. The Bertz CT molecular complexity index is 627. The summed E-state index contributed by atoms with van der Waals surface area (Å²) in [5.41, 5.74) is 3.04. The van der Waals surface area contributed by atoms with Crippen molar-refractivity contribution in [2.24, 2.45) is 5.10 Å². The van der Waals surface area contributed by atoms with E-state index in [0.717, 1.165) is 5.56 Å². The van der Waals surface area contributed by atoms with Gasteiger partial charge in [-0.2, -0.15) is 5.10 Å². The molecule has 1 aromatic rings. The molecular weight excluding hydrogens is 322 g/mol. The van der Waals surface area contributed by atoms with Gasteiger partial charge in [-0.25, -0.2) is 5.43 Å². The summed E-state index contributed by atoms with van der Waals surface area (Å²) in [6.07, 6.45) is 2.85. The quantitative estimate of drug-likeness (QED) is 0.293. The molecule has 1 aromatic carbocycles. The van der Waals surface area contributed by atoms with Gasteiger partial charge in [-0.05, 0) is 44.5 Å². The number of ether oxygens (including phenoxy) is 2. The van der Waals surface area contributed by atoms with Crippen molar-refractivity contribution in [3.05, 3.63) is 36.4 Å². The molecule has 0 spiro atoms. The van der Waals surface area contributed by atoms with Crippen molar-refractivity contribution in [1.29, 1.82) is 0 Å². The van der Waals surface area contributed by atoms with Gasteiger partial charge in [-0.15, -0.1) is 0 Å². The topological polar surface area (TPSA) is 89.0 Å². The van der Waals surface area contributed by atoms with E-state index >= 15 is 0 Å². The second-order valence-electron chi connectivity index (χ2n) is 5.43. The summed E-state index contributed by atoms with van der Waals surface area (Å²) in [5, 5.41) is 6.49. The van der Waals surface area contributed by atoms with Crippen molar-refractivity contribution in [3.8, 4) is 11.5 Å². The van der Waals surface area contributed by atoms with Gasteiger partial charge in [0.2, 0.25) is 11.8 Å². The molecular formula is C18H25N3O4. The number of amides is 2. The van der Waals surface area contributed by atoms with Gasteiger partial charge in [0.25, 0.3) is 0 Å². The Kier molecular flexibility index (Phi) is 8.78. The first-order chi connectivity index (χ1) is 12.0. The monoisotopic (exact) mass is 347 g/mol. The van der Waals surface area contributed by atoms with Crippen molar-refractivity contribution in [1.82, 2.24) is 10.7 Å². The van der Waals surface area contributed by atoms with Crippen molar-refractivity contribution >= 4 is 18.0 Å². The third kappa shape index (κ3) is 8.01. The second kappa shape index (κ2) is 10.9. The minimum Gasteiger partial charge on any atom is -0.490 e. The van der Waals surface area contributed by atoms with Crippen LogP contribution >= 0.6 is 0 Å². The number of nitrogens with one attached hydrogen (secondary N) is 2. The molecule has 0 saturated carbocycles. The molecule has 0 aliphatic carbocycles. The highest BCUT2D eigenvalue weighted by Gasteiger charge is 2.09. The van der Waals surface area contributed by atoms with E-state index in [4.69, 9.17) is 9.47 Å². The van der Waals surface area contributed by atoms with E-state index in [1.54, 1.807) is 24.3 Å². The van der Waals surface area contributed by atoms with Crippen LogP contribution in [0.3, 0.4) is 0 Å². The smallest absolute Gasteiger partial charge is 0.249 e. The lowest BCUT2D eigenvalue weighted by Gasteiger charge is -2.11. The molecule has 1 rings (SSSR count). The number of carbonyl (C=O) groups is 2.